The molecule has 0 atom stereocenters. The van der Waals surface area contributed by atoms with Crippen LogP contribution in [-0.2, 0) is 29.0 Å². The smallest absolute Gasteiger partial charge is 0.304 e. The van der Waals surface area contributed by atoms with Gasteiger partial charge in [0.1, 0.15) is 17.4 Å². The van der Waals surface area contributed by atoms with E-state index >= 15 is 0 Å². The van der Waals surface area contributed by atoms with Gasteiger partial charge in [0.25, 0.3) is 0 Å². The van der Waals surface area contributed by atoms with Gasteiger partial charge in [-0.15, -0.1) is 11.3 Å². The van der Waals surface area contributed by atoms with E-state index in [0.717, 1.165) is 27.4 Å². The lowest BCUT2D eigenvalue weighted by molar-refractivity contribution is -0.145. The van der Waals surface area contributed by atoms with E-state index in [9.17, 15) is 14.7 Å². The number of fused-ring (bicyclic) bond motifs is 1. The number of carboxylic acids is 1. The summed E-state index contributed by atoms with van der Waals surface area (Å²) in [7, 11) is 0. The Balaban J connectivity index is 1.35. The van der Waals surface area contributed by atoms with Crippen LogP contribution in [0.1, 0.15) is 22.6 Å². The molecule has 0 aliphatic heterocycles. The zero-order valence-electron chi connectivity index (χ0n) is 19.0. The van der Waals surface area contributed by atoms with E-state index in [1.54, 1.807) is 0 Å². The van der Waals surface area contributed by atoms with Crippen LogP contribution in [0.4, 0.5) is 0 Å². The maximum Gasteiger partial charge on any atom is 0.304 e. The molecule has 4 rings (SSSR count). The maximum absolute atomic E-state index is 13.2. The van der Waals surface area contributed by atoms with Crippen LogP contribution >= 0.6 is 11.3 Å². The lowest BCUT2D eigenvalue weighted by Crippen LogP contribution is -2.43. The first kappa shape index (κ1) is 24.2. The van der Waals surface area contributed by atoms with Gasteiger partial charge in [-0.2, -0.15) is 0 Å². The summed E-state index contributed by atoms with van der Waals surface area (Å²) in [6.07, 6.45) is 0.628. The minimum Gasteiger partial charge on any atom is -0.492 e. The maximum atomic E-state index is 13.2. The number of hydrogen-bond acceptors (Lipinski definition) is 6. The summed E-state index contributed by atoms with van der Waals surface area (Å²) in [5.74, 6) is -0.631. The van der Waals surface area contributed by atoms with Crippen molar-refractivity contribution in [2.75, 3.05) is 13.2 Å². The van der Waals surface area contributed by atoms with Gasteiger partial charge in [0, 0.05) is 10.9 Å². The summed E-state index contributed by atoms with van der Waals surface area (Å²) in [4.78, 5) is 29.4. The number of hydrogen-bond donors (Lipinski definition) is 5. The molecular weight excluding hydrogens is 466 g/mol. The molecule has 0 saturated carbocycles. The molecule has 0 radical (unpaired) electrons. The van der Waals surface area contributed by atoms with Gasteiger partial charge in [-0.05, 0) is 48.2 Å². The topological polar surface area (TPSA) is 150 Å². The van der Waals surface area contributed by atoms with Gasteiger partial charge < -0.3 is 26.2 Å². The van der Waals surface area contributed by atoms with Gasteiger partial charge >= 0.3 is 5.97 Å². The van der Waals surface area contributed by atoms with E-state index in [4.69, 9.17) is 15.9 Å². The third-order valence-corrected chi connectivity index (χ3v) is 6.78. The van der Waals surface area contributed by atoms with Crippen molar-refractivity contribution >= 4 is 29.2 Å². The number of benzene rings is 2. The predicted molar refractivity (Wildman–Crippen MR) is 133 cm³/mol. The van der Waals surface area contributed by atoms with Gasteiger partial charge in [-0.3, -0.25) is 15.0 Å². The second-order valence-electron chi connectivity index (χ2n) is 8.50. The Bertz CT molecular complexity index is 1200. The molecular formula is C25H27N5O4S. The van der Waals surface area contributed by atoms with E-state index in [1.807, 2.05) is 53.9 Å². The first-order chi connectivity index (χ1) is 16.8. The molecule has 1 aliphatic rings. The molecule has 2 aromatic carbocycles. The Morgan fingerprint density at radius 3 is 2.43 bits per heavy atom. The lowest BCUT2D eigenvalue weighted by atomic mass is 9.80. The number of carbonyl (C=O) groups is 2. The van der Waals surface area contributed by atoms with Crippen molar-refractivity contribution in [2.24, 2.45) is 11.1 Å². The third kappa shape index (κ3) is 5.96. The quantitative estimate of drug-likeness (QED) is 0.165. The van der Waals surface area contributed by atoms with Crippen molar-refractivity contribution in [2.45, 2.75) is 25.8 Å². The Hall–Kier alpha value is -3.92. The lowest BCUT2D eigenvalue weighted by Gasteiger charge is -2.25. The summed E-state index contributed by atoms with van der Waals surface area (Å²) in [6, 6.07) is 15.2. The second-order valence-corrected chi connectivity index (χ2v) is 9.44. The molecule has 1 amide bonds. The molecule has 0 fully saturated rings. The van der Waals surface area contributed by atoms with Crippen LogP contribution in [0.2, 0.25) is 0 Å². The largest absolute Gasteiger partial charge is 0.492 e. The van der Waals surface area contributed by atoms with Crippen LogP contribution in [0.5, 0.6) is 5.75 Å². The summed E-state index contributed by atoms with van der Waals surface area (Å²) in [5.41, 5.74) is 8.02. The Labute approximate surface area is 206 Å². The molecule has 0 spiro atoms. The van der Waals surface area contributed by atoms with Crippen LogP contribution in [0.15, 0.2) is 53.9 Å². The van der Waals surface area contributed by atoms with Crippen LogP contribution in [0.25, 0.3) is 11.3 Å². The number of thiazole rings is 1. The highest BCUT2D eigenvalue weighted by Crippen LogP contribution is 2.40. The zero-order valence-corrected chi connectivity index (χ0v) is 19.9. The number of rotatable bonds is 10. The molecule has 1 aromatic heterocycles. The molecule has 9 nitrogen and oxygen atoms in total. The summed E-state index contributed by atoms with van der Waals surface area (Å²) in [6.45, 7) is 1.07. The van der Waals surface area contributed by atoms with Crippen LogP contribution in [-0.4, -0.2) is 41.1 Å². The Morgan fingerprint density at radius 2 is 1.80 bits per heavy atom. The summed E-state index contributed by atoms with van der Waals surface area (Å²) >= 11 is 1.44. The predicted octanol–water partition coefficient (Wildman–Crippen LogP) is 2.55. The third-order valence-electron chi connectivity index (χ3n) is 5.94. The molecule has 1 aliphatic carbocycles. The standard InChI is InChI=1S/C25H27N5O4S/c26-24(27)28-9-10-34-19-7-5-16(6-8-19)20-15-35-21(30-20)14-29-23(33)25(13-22(31)32)11-17-3-1-2-4-18(17)12-25/h1-8,15H,9-14H2,(H,29,33)(H,31,32)(H4,26,27,28). The number of nitrogens with zero attached hydrogens (tertiary/aromatic N) is 1. The molecule has 35 heavy (non-hydrogen) atoms. The molecule has 1 heterocycles. The van der Waals surface area contributed by atoms with Gasteiger partial charge in [0.05, 0.1) is 30.6 Å². The average Bonchev–Trinajstić information content (AvgIpc) is 3.45. The van der Waals surface area contributed by atoms with Crippen molar-refractivity contribution in [1.82, 2.24) is 15.6 Å². The fraction of sp³-hybridized carbons (Fsp3) is 0.280. The molecule has 0 saturated heterocycles. The van der Waals surface area contributed by atoms with E-state index in [0.29, 0.717) is 31.7 Å². The van der Waals surface area contributed by atoms with Gasteiger partial charge in [0.2, 0.25) is 5.91 Å². The Kier molecular flexibility index (Phi) is 7.31. The molecule has 6 N–H and O–H groups in total. The first-order valence-electron chi connectivity index (χ1n) is 11.2. The molecule has 182 valence electrons. The fourth-order valence-corrected chi connectivity index (χ4v) is 5.04. The molecule has 0 unspecified atom stereocenters. The van der Waals surface area contributed by atoms with Crippen LogP contribution in [0, 0.1) is 10.8 Å². The van der Waals surface area contributed by atoms with Crippen molar-refractivity contribution < 1.29 is 19.4 Å². The minimum absolute atomic E-state index is 0.0927. The van der Waals surface area contributed by atoms with Gasteiger partial charge in [-0.1, -0.05) is 24.3 Å². The highest BCUT2D eigenvalue weighted by molar-refractivity contribution is 7.09. The first-order valence-corrected chi connectivity index (χ1v) is 12.0. The van der Waals surface area contributed by atoms with Crippen molar-refractivity contribution in [3.05, 3.63) is 70.0 Å². The highest BCUT2D eigenvalue weighted by atomic mass is 32.1. The number of amides is 1. The molecule has 0 bridgehead atoms. The van der Waals surface area contributed by atoms with Gasteiger partial charge in [-0.25, -0.2) is 4.98 Å². The zero-order chi connectivity index (χ0) is 24.8. The number of aromatic nitrogens is 1. The Morgan fingerprint density at radius 1 is 1.11 bits per heavy atom. The van der Waals surface area contributed by atoms with Crippen LogP contribution < -0.4 is 21.1 Å². The number of guanidine groups is 1. The summed E-state index contributed by atoms with van der Waals surface area (Å²) < 4.78 is 5.60. The van der Waals surface area contributed by atoms with E-state index < -0.39 is 11.4 Å². The van der Waals surface area contributed by atoms with Crippen molar-refractivity contribution in [3.63, 3.8) is 0 Å². The van der Waals surface area contributed by atoms with Crippen LogP contribution in [0.3, 0.4) is 0 Å². The number of carbonyl (C=O) groups excluding carboxylic acids is 1. The number of carboxylic acid groups (broad SMARTS) is 1. The number of ether oxygens (including phenoxy) is 1. The molecule has 3 aromatic rings. The van der Waals surface area contributed by atoms with E-state index in [-0.39, 0.29) is 24.8 Å². The number of nitrogens with one attached hydrogen (secondary N) is 3. The van der Waals surface area contributed by atoms with Crippen molar-refractivity contribution in [3.8, 4) is 17.0 Å². The number of aliphatic carboxylic acids is 1. The van der Waals surface area contributed by atoms with Crippen molar-refractivity contribution in [1.29, 1.82) is 5.41 Å². The minimum atomic E-state index is -0.981. The second kappa shape index (κ2) is 10.6. The molecule has 10 heteroatoms. The number of nitrogens with two attached hydrogens (primary N) is 1. The van der Waals surface area contributed by atoms with E-state index in [2.05, 4.69) is 15.6 Å². The van der Waals surface area contributed by atoms with E-state index in [1.165, 1.54) is 11.3 Å². The highest BCUT2D eigenvalue weighted by Gasteiger charge is 2.45. The van der Waals surface area contributed by atoms with Gasteiger partial charge in [0.15, 0.2) is 5.96 Å². The monoisotopic (exact) mass is 493 g/mol. The average molecular weight is 494 g/mol. The normalized spacial score (nSPS) is 13.6. The SMILES string of the molecule is N=C(N)NCCOc1ccc(-c2csc(CNC(=O)C3(CC(=O)O)Cc4ccccc4C3)n2)cc1. The fourth-order valence-electron chi connectivity index (χ4n) is 4.29. The summed E-state index contributed by atoms with van der Waals surface area (Å²) in [5, 5.41) is 24.9.